The third-order valence-electron chi connectivity index (χ3n) is 2.02. The van der Waals surface area contributed by atoms with Gasteiger partial charge in [0.2, 0.25) is 0 Å². The summed E-state index contributed by atoms with van der Waals surface area (Å²) in [6, 6.07) is 7.32. The normalized spacial score (nSPS) is 10.2. The van der Waals surface area contributed by atoms with Crippen molar-refractivity contribution >= 4 is 23.2 Å². The van der Waals surface area contributed by atoms with Gasteiger partial charge in [0, 0.05) is 16.8 Å². The summed E-state index contributed by atoms with van der Waals surface area (Å²) in [5.41, 5.74) is 1.50. The molecule has 0 amide bonds. The fraction of sp³-hybridized carbons (Fsp3) is 0.0909. The van der Waals surface area contributed by atoms with E-state index in [2.05, 4.69) is 9.97 Å². The van der Waals surface area contributed by atoms with Crippen molar-refractivity contribution in [3.8, 4) is 17.3 Å². The monoisotopic (exact) mass is 254 g/mol. The SMILES string of the molecule is COc1nccc(-c2ccc(Cl)cc2Cl)n1. The largest absolute Gasteiger partial charge is 0.467 e. The summed E-state index contributed by atoms with van der Waals surface area (Å²) in [4.78, 5) is 8.12. The maximum absolute atomic E-state index is 6.07. The Labute approximate surface area is 103 Å². The molecule has 0 bridgehead atoms. The minimum atomic E-state index is 0.309. The van der Waals surface area contributed by atoms with Gasteiger partial charge in [0.25, 0.3) is 0 Å². The van der Waals surface area contributed by atoms with Crippen LogP contribution in [-0.4, -0.2) is 17.1 Å². The van der Waals surface area contributed by atoms with Gasteiger partial charge in [0.15, 0.2) is 0 Å². The van der Waals surface area contributed by atoms with E-state index in [4.69, 9.17) is 27.9 Å². The van der Waals surface area contributed by atoms with E-state index < -0.39 is 0 Å². The Morgan fingerprint density at radius 3 is 2.69 bits per heavy atom. The predicted molar refractivity (Wildman–Crippen MR) is 64.0 cm³/mol. The van der Waals surface area contributed by atoms with Crippen LogP contribution in [0.15, 0.2) is 30.5 Å². The van der Waals surface area contributed by atoms with Crippen molar-refractivity contribution in [1.29, 1.82) is 0 Å². The standard InChI is InChI=1S/C11H8Cl2N2O/c1-16-11-14-5-4-10(15-11)8-3-2-7(12)6-9(8)13/h2-6H,1H3. The van der Waals surface area contributed by atoms with E-state index in [1.165, 1.54) is 7.11 Å². The third-order valence-corrected chi connectivity index (χ3v) is 2.57. The van der Waals surface area contributed by atoms with Crippen LogP contribution in [0.3, 0.4) is 0 Å². The summed E-state index contributed by atoms with van der Waals surface area (Å²) in [6.07, 6.45) is 1.62. The highest BCUT2D eigenvalue weighted by molar-refractivity contribution is 6.36. The van der Waals surface area contributed by atoms with Crippen molar-refractivity contribution < 1.29 is 4.74 Å². The number of rotatable bonds is 2. The molecule has 0 aliphatic heterocycles. The molecule has 2 rings (SSSR count). The lowest BCUT2D eigenvalue weighted by atomic mass is 10.1. The highest BCUT2D eigenvalue weighted by Gasteiger charge is 2.06. The van der Waals surface area contributed by atoms with Crippen LogP contribution in [0.1, 0.15) is 0 Å². The number of nitrogens with zero attached hydrogens (tertiary/aromatic N) is 2. The van der Waals surface area contributed by atoms with E-state index in [-0.39, 0.29) is 0 Å². The fourth-order valence-corrected chi connectivity index (χ4v) is 1.79. The molecule has 0 saturated carbocycles. The fourth-order valence-electron chi connectivity index (χ4n) is 1.29. The van der Waals surface area contributed by atoms with Crippen molar-refractivity contribution in [1.82, 2.24) is 9.97 Å². The summed E-state index contributed by atoms with van der Waals surface area (Å²) < 4.78 is 4.95. The molecule has 0 fully saturated rings. The van der Waals surface area contributed by atoms with E-state index >= 15 is 0 Å². The summed E-state index contributed by atoms with van der Waals surface area (Å²) in [5, 5.41) is 1.14. The molecular weight excluding hydrogens is 247 g/mol. The quantitative estimate of drug-likeness (QED) is 0.824. The predicted octanol–water partition coefficient (Wildman–Crippen LogP) is 3.46. The lowest BCUT2D eigenvalue weighted by Gasteiger charge is -2.05. The van der Waals surface area contributed by atoms with Gasteiger partial charge in [-0.3, -0.25) is 0 Å². The number of halogens is 2. The zero-order chi connectivity index (χ0) is 11.5. The van der Waals surface area contributed by atoms with Crippen molar-refractivity contribution in [2.45, 2.75) is 0 Å². The summed E-state index contributed by atoms with van der Waals surface area (Å²) in [6.45, 7) is 0. The molecule has 0 atom stereocenters. The Balaban J connectivity index is 2.49. The van der Waals surface area contributed by atoms with E-state index in [0.717, 1.165) is 5.56 Å². The van der Waals surface area contributed by atoms with Crippen molar-refractivity contribution in [2.24, 2.45) is 0 Å². The molecule has 1 heterocycles. The third kappa shape index (κ3) is 2.26. The Morgan fingerprint density at radius 1 is 1.19 bits per heavy atom. The summed E-state index contributed by atoms with van der Waals surface area (Å²) in [5.74, 6) is 0. The number of hydrogen-bond acceptors (Lipinski definition) is 3. The topological polar surface area (TPSA) is 35.0 Å². The van der Waals surface area contributed by atoms with Gasteiger partial charge >= 0.3 is 6.01 Å². The van der Waals surface area contributed by atoms with Crippen LogP contribution < -0.4 is 4.74 Å². The van der Waals surface area contributed by atoms with Crippen molar-refractivity contribution in [3.05, 3.63) is 40.5 Å². The molecule has 0 radical (unpaired) electrons. The van der Waals surface area contributed by atoms with Gasteiger partial charge in [0.05, 0.1) is 17.8 Å². The zero-order valence-electron chi connectivity index (χ0n) is 8.45. The van der Waals surface area contributed by atoms with Gasteiger partial charge in [-0.25, -0.2) is 4.98 Å². The molecule has 0 spiro atoms. The van der Waals surface area contributed by atoms with E-state index in [0.29, 0.717) is 21.7 Å². The second kappa shape index (κ2) is 4.68. The first kappa shape index (κ1) is 11.2. The molecule has 5 heteroatoms. The van der Waals surface area contributed by atoms with Gasteiger partial charge in [0.1, 0.15) is 0 Å². The minimum absolute atomic E-state index is 0.309. The Hall–Kier alpha value is -1.32. The number of ether oxygens (including phenoxy) is 1. The van der Waals surface area contributed by atoms with Crippen LogP contribution in [0.2, 0.25) is 10.0 Å². The molecular formula is C11H8Cl2N2O. The van der Waals surface area contributed by atoms with Crippen LogP contribution in [-0.2, 0) is 0 Å². The molecule has 0 unspecified atom stereocenters. The maximum atomic E-state index is 6.07. The number of benzene rings is 1. The molecule has 3 nitrogen and oxygen atoms in total. The molecule has 82 valence electrons. The van der Waals surface area contributed by atoms with Crippen LogP contribution in [0.4, 0.5) is 0 Å². The first-order valence-corrected chi connectivity index (χ1v) is 5.29. The van der Waals surface area contributed by atoms with E-state index in [1.54, 1.807) is 24.4 Å². The molecule has 0 saturated heterocycles. The molecule has 1 aromatic carbocycles. The number of methoxy groups -OCH3 is 1. The van der Waals surface area contributed by atoms with E-state index in [9.17, 15) is 0 Å². The highest BCUT2D eigenvalue weighted by Crippen LogP contribution is 2.29. The zero-order valence-corrected chi connectivity index (χ0v) is 9.96. The lowest BCUT2D eigenvalue weighted by molar-refractivity contribution is 0.380. The minimum Gasteiger partial charge on any atom is -0.467 e. The van der Waals surface area contributed by atoms with Crippen LogP contribution >= 0.6 is 23.2 Å². The van der Waals surface area contributed by atoms with Crippen LogP contribution in [0, 0.1) is 0 Å². The van der Waals surface area contributed by atoms with Gasteiger partial charge < -0.3 is 4.74 Å². The van der Waals surface area contributed by atoms with Crippen LogP contribution in [0.25, 0.3) is 11.3 Å². The molecule has 16 heavy (non-hydrogen) atoms. The Kier molecular flexibility index (Phi) is 3.27. The molecule has 2 aromatic rings. The Bertz CT molecular complexity index is 517. The number of hydrogen-bond donors (Lipinski definition) is 0. The highest BCUT2D eigenvalue weighted by atomic mass is 35.5. The first-order chi connectivity index (χ1) is 7.70. The molecule has 0 N–H and O–H groups in total. The van der Waals surface area contributed by atoms with Gasteiger partial charge in [-0.15, -0.1) is 0 Å². The summed E-state index contributed by atoms with van der Waals surface area (Å²) in [7, 11) is 1.52. The van der Waals surface area contributed by atoms with E-state index in [1.807, 2.05) is 6.07 Å². The summed E-state index contributed by atoms with van der Waals surface area (Å²) >= 11 is 11.9. The second-order valence-electron chi connectivity index (χ2n) is 3.05. The van der Waals surface area contributed by atoms with Gasteiger partial charge in [-0.1, -0.05) is 23.2 Å². The Morgan fingerprint density at radius 2 is 2.00 bits per heavy atom. The second-order valence-corrected chi connectivity index (χ2v) is 3.90. The average molecular weight is 255 g/mol. The maximum Gasteiger partial charge on any atom is 0.316 e. The molecule has 1 aromatic heterocycles. The molecule has 0 aliphatic carbocycles. The van der Waals surface area contributed by atoms with Crippen LogP contribution in [0.5, 0.6) is 6.01 Å². The number of aromatic nitrogens is 2. The smallest absolute Gasteiger partial charge is 0.316 e. The molecule has 0 aliphatic rings. The van der Waals surface area contributed by atoms with Gasteiger partial charge in [-0.05, 0) is 24.3 Å². The average Bonchev–Trinajstić information content (AvgIpc) is 2.29. The van der Waals surface area contributed by atoms with Crippen molar-refractivity contribution in [2.75, 3.05) is 7.11 Å². The first-order valence-electron chi connectivity index (χ1n) is 4.53. The van der Waals surface area contributed by atoms with Crippen molar-refractivity contribution in [3.63, 3.8) is 0 Å². The van der Waals surface area contributed by atoms with Gasteiger partial charge in [-0.2, -0.15) is 4.98 Å². The lowest BCUT2D eigenvalue weighted by Crippen LogP contribution is -1.93.